The number of rotatable bonds is 3. The maximum absolute atomic E-state index is 11.6. The number of fused-ring (bicyclic) bond motifs is 1. The molecule has 1 amide bonds. The summed E-state index contributed by atoms with van der Waals surface area (Å²) >= 11 is 0. The smallest absolute Gasteiger partial charge is 0.410 e. The van der Waals surface area contributed by atoms with Crippen LogP contribution in [0, 0.1) is 5.92 Å². The maximum atomic E-state index is 11.6. The third-order valence-corrected chi connectivity index (χ3v) is 3.23. The number of hydrogen-bond acceptors (Lipinski definition) is 2. The molecule has 2 aliphatic rings. The fourth-order valence-electron chi connectivity index (χ4n) is 2.27. The maximum Gasteiger partial charge on any atom is 0.410 e. The summed E-state index contributed by atoms with van der Waals surface area (Å²) in [5, 5.41) is 0. The van der Waals surface area contributed by atoms with Crippen molar-refractivity contribution in [2.45, 2.75) is 38.7 Å². The normalized spacial score (nSPS) is 29.9. The van der Waals surface area contributed by atoms with Crippen LogP contribution in [0.25, 0.3) is 0 Å². The van der Waals surface area contributed by atoms with E-state index in [-0.39, 0.29) is 12.2 Å². The van der Waals surface area contributed by atoms with Crippen molar-refractivity contribution in [3.63, 3.8) is 0 Å². The van der Waals surface area contributed by atoms with Gasteiger partial charge >= 0.3 is 6.09 Å². The summed E-state index contributed by atoms with van der Waals surface area (Å²) in [5.74, 6) is 0.518. The van der Waals surface area contributed by atoms with Crippen LogP contribution in [0.1, 0.15) is 32.6 Å². The largest absolute Gasteiger partial charge is 0.441 e. The zero-order valence-corrected chi connectivity index (χ0v) is 9.32. The average molecular weight is 209 g/mol. The second-order valence-corrected chi connectivity index (χ2v) is 4.41. The molecule has 0 aromatic heterocycles. The molecule has 0 unspecified atom stereocenters. The van der Waals surface area contributed by atoms with Crippen LogP contribution in [-0.4, -0.2) is 30.2 Å². The Morgan fingerprint density at radius 1 is 1.60 bits per heavy atom. The summed E-state index contributed by atoms with van der Waals surface area (Å²) in [6, 6.07) is 0. The molecule has 1 fully saturated rings. The van der Waals surface area contributed by atoms with E-state index in [2.05, 4.69) is 13.0 Å². The van der Waals surface area contributed by atoms with Crippen molar-refractivity contribution in [3.05, 3.63) is 12.2 Å². The van der Waals surface area contributed by atoms with Crippen molar-refractivity contribution >= 4 is 6.09 Å². The zero-order chi connectivity index (χ0) is 10.7. The monoisotopic (exact) mass is 209 g/mol. The summed E-state index contributed by atoms with van der Waals surface area (Å²) in [6.45, 7) is 3.87. The van der Waals surface area contributed by atoms with Gasteiger partial charge in [-0.1, -0.05) is 19.4 Å². The van der Waals surface area contributed by atoms with Crippen LogP contribution in [0.3, 0.4) is 0 Å². The van der Waals surface area contributed by atoms with E-state index in [1.807, 2.05) is 11.0 Å². The molecule has 0 radical (unpaired) electrons. The van der Waals surface area contributed by atoms with E-state index in [9.17, 15) is 4.79 Å². The van der Waals surface area contributed by atoms with Crippen LogP contribution in [0.4, 0.5) is 4.79 Å². The van der Waals surface area contributed by atoms with Crippen LogP contribution in [0.2, 0.25) is 0 Å². The Hall–Kier alpha value is -0.990. The Kier molecular flexibility index (Phi) is 3.29. The van der Waals surface area contributed by atoms with Crippen LogP contribution in [0.5, 0.6) is 0 Å². The van der Waals surface area contributed by atoms with Crippen molar-refractivity contribution in [3.8, 4) is 0 Å². The predicted octanol–water partition coefficient (Wildman–Crippen LogP) is 2.57. The highest BCUT2D eigenvalue weighted by atomic mass is 16.6. The molecule has 1 aliphatic heterocycles. The number of allylic oxidation sites excluding steroid dienone is 1. The first-order valence-electron chi connectivity index (χ1n) is 5.93. The van der Waals surface area contributed by atoms with Crippen LogP contribution in [0.15, 0.2) is 12.2 Å². The van der Waals surface area contributed by atoms with E-state index < -0.39 is 0 Å². The third kappa shape index (κ3) is 2.33. The number of nitrogens with zero attached hydrogens (tertiary/aromatic N) is 1. The molecule has 0 bridgehead atoms. The third-order valence-electron chi connectivity index (χ3n) is 3.23. The topological polar surface area (TPSA) is 29.5 Å². The molecular weight excluding hydrogens is 190 g/mol. The molecule has 1 saturated heterocycles. The Morgan fingerprint density at radius 2 is 2.47 bits per heavy atom. The molecule has 0 spiro atoms. The second-order valence-electron chi connectivity index (χ2n) is 4.41. The number of amides is 1. The molecule has 0 aromatic rings. The van der Waals surface area contributed by atoms with Gasteiger partial charge in [0.2, 0.25) is 0 Å². The highest BCUT2D eigenvalue weighted by Crippen LogP contribution is 2.27. The first-order valence-corrected chi connectivity index (χ1v) is 5.93. The molecule has 1 aliphatic carbocycles. The van der Waals surface area contributed by atoms with Crippen molar-refractivity contribution in [1.82, 2.24) is 4.90 Å². The van der Waals surface area contributed by atoms with Crippen LogP contribution < -0.4 is 0 Å². The van der Waals surface area contributed by atoms with E-state index in [4.69, 9.17) is 4.74 Å². The van der Waals surface area contributed by atoms with Gasteiger partial charge in [0.15, 0.2) is 0 Å². The minimum atomic E-state index is -0.128. The highest BCUT2D eigenvalue weighted by Gasteiger charge is 2.34. The lowest BCUT2D eigenvalue weighted by atomic mass is 9.90. The van der Waals surface area contributed by atoms with E-state index in [0.717, 1.165) is 38.8 Å². The zero-order valence-electron chi connectivity index (χ0n) is 9.32. The molecule has 15 heavy (non-hydrogen) atoms. The van der Waals surface area contributed by atoms with Gasteiger partial charge in [-0.05, 0) is 25.3 Å². The van der Waals surface area contributed by atoms with E-state index in [0.29, 0.717) is 5.92 Å². The fourth-order valence-corrected chi connectivity index (χ4v) is 2.27. The minimum Gasteiger partial charge on any atom is -0.441 e. The molecule has 2 rings (SSSR count). The lowest BCUT2D eigenvalue weighted by Crippen LogP contribution is -2.48. The summed E-state index contributed by atoms with van der Waals surface area (Å²) in [6.07, 6.45) is 8.55. The lowest BCUT2D eigenvalue weighted by molar-refractivity contribution is 0.00455. The first kappa shape index (κ1) is 10.5. The molecule has 3 nitrogen and oxygen atoms in total. The number of carbonyl (C=O) groups is 1. The number of hydrogen-bond donors (Lipinski definition) is 0. The Morgan fingerprint density at radius 3 is 3.27 bits per heavy atom. The van der Waals surface area contributed by atoms with Crippen molar-refractivity contribution in [1.29, 1.82) is 0 Å². The van der Waals surface area contributed by atoms with E-state index in [1.54, 1.807) is 0 Å². The fraction of sp³-hybridized carbons (Fsp3) is 0.750. The Labute approximate surface area is 91.1 Å². The molecular formula is C12H19NO2. The minimum absolute atomic E-state index is 0.0455. The van der Waals surface area contributed by atoms with Gasteiger partial charge in [0, 0.05) is 19.0 Å². The average Bonchev–Trinajstić information content (AvgIpc) is 2.26. The Balaban J connectivity index is 1.94. The molecule has 0 aromatic carbocycles. The summed E-state index contributed by atoms with van der Waals surface area (Å²) < 4.78 is 5.40. The van der Waals surface area contributed by atoms with Gasteiger partial charge in [0.05, 0.1) is 0 Å². The molecule has 1 heterocycles. The van der Waals surface area contributed by atoms with Crippen LogP contribution >= 0.6 is 0 Å². The number of unbranched alkanes of at least 4 members (excludes halogenated alkanes) is 1. The summed E-state index contributed by atoms with van der Waals surface area (Å²) in [4.78, 5) is 13.5. The van der Waals surface area contributed by atoms with Crippen molar-refractivity contribution in [2.75, 3.05) is 13.1 Å². The molecule has 0 saturated carbocycles. The van der Waals surface area contributed by atoms with Crippen molar-refractivity contribution < 1.29 is 9.53 Å². The van der Waals surface area contributed by atoms with Gasteiger partial charge < -0.3 is 9.64 Å². The number of carbonyl (C=O) groups excluding carboxylic acids is 1. The van der Waals surface area contributed by atoms with Gasteiger partial charge in [-0.15, -0.1) is 0 Å². The van der Waals surface area contributed by atoms with E-state index >= 15 is 0 Å². The quantitative estimate of drug-likeness (QED) is 0.668. The van der Waals surface area contributed by atoms with Gasteiger partial charge in [-0.3, -0.25) is 0 Å². The lowest BCUT2D eigenvalue weighted by Gasteiger charge is -2.38. The van der Waals surface area contributed by atoms with Gasteiger partial charge in [-0.25, -0.2) is 4.79 Å². The molecule has 84 valence electrons. The first-order chi connectivity index (χ1) is 7.31. The van der Waals surface area contributed by atoms with Crippen molar-refractivity contribution in [2.24, 2.45) is 5.92 Å². The summed E-state index contributed by atoms with van der Waals surface area (Å²) in [7, 11) is 0. The van der Waals surface area contributed by atoms with Gasteiger partial charge in [0.25, 0.3) is 0 Å². The van der Waals surface area contributed by atoms with Gasteiger partial charge in [-0.2, -0.15) is 0 Å². The summed E-state index contributed by atoms with van der Waals surface area (Å²) in [5.41, 5.74) is 0. The second kappa shape index (κ2) is 4.69. The standard InChI is InChI=1S/C12H19NO2/c1-2-3-8-13-9-10-6-4-5-7-11(10)15-12(13)14/h5,7,10-11H,2-4,6,8-9H2,1H3/t10-,11-/m0/s1. The molecule has 2 atom stereocenters. The predicted molar refractivity (Wildman–Crippen MR) is 58.6 cm³/mol. The molecule has 0 N–H and O–H groups in total. The highest BCUT2D eigenvalue weighted by molar-refractivity contribution is 5.69. The number of ether oxygens (including phenoxy) is 1. The van der Waals surface area contributed by atoms with Crippen LogP contribution in [-0.2, 0) is 4.74 Å². The van der Waals surface area contributed by atoms with Gasteiger partial charge in [0.1, 0.15) is 6.10 Å². The Bertz CT molecular complexity index is 262. The van der Waals surface area contributed by atoms with E-state index in [1.165, 1.54) is 0 Å². The SMILES string of the molecule is CCCCN1C[C@@H]2CCC=C[C@@H]2OC1=O. The molecule has 3 heteroatoms.